The number of rotatable bonds is 3. The number of carbonyl (C=O) groups is 1. The maximum absolute atomic E-state index is 12.4. The molecule has 5 heteroatoms. The largest absolute Gasteiger partial charge is 0.332 e. The van der Waals surface area contributed by atoms with E-state index in [9.17, 15) is 4.79 Å². The smallest absolute Gasteiger partial charge is 0.224 e. The van der Waals surface area contributed by atoms with Crippen molar-refractivity contribution >= 4 is 33.6 Å². The Morgan fingerprint density at radius 2 is 1.92 bits per heavy atom. The number of nitrogens with one attached hydrogen (secondary N) is 1. The zero-order valence-corrected chi connectivity index (χ0v) is 17.3. The summed E-state index contributed by atoms with van der Waals surface area (Å²) < 4.78 is 0. The van der Waals surface area contributed by atoms with Gasteiger partial charge in [0.05, 0.1) is 11.2 Å². The van der Waals surface area contributed by atoms with Crippen molar-refractivity contribution in [3.05, 3.63) is 34.5 Å². The summed E-state index contributed by atoms with van der Waals surface area (Å²) in [5.74, 6) is 0.0796. The molecule has 1 aromatic heterocycles. The molecule has 1 aliphatic rings. The zero-order chi connectivity index (χ0) is 18.9. The van der Waals surface area contributed by atoms with Crippen LogP contribution in [0.3, 0.4) is 0 Å². The molecule has 1 N–H and O–H groups in total. The molecule has 2 aromatic rings. The molecular weight excluding hydrogens is 342 g/mol. The van der Waals surface area contributed by atoms with Gasteiger partial charge in [0.25, 0.3) is 0 Å². The van der Waals surface area contributed by atoms with Crippen LogP contribution < -0.4 is 10.2 Å². The second-order valence-electron chi connectivity index (χ2n) is 8.45. The minimum absolute atomic E-state index is 0.0134. The normalized spacial score (nSPS) is 14.7. The molecule has 26 heavy (non-hydrogen) atoms. The van der Waals surface area contributed by atoms with Gasteiger partial charge >= 0.3 is 0 Å². The van der Waals surface area contributed by atoms with Gasteiger partial charge in [0.15, 0.2) is 0 Å². The quantitative estimate of drug-likeness (QED) is 0.763. The van der Waals surface area contributed by atoms with Gasteiger partial charge in [-0.25, -0.2) is 4.98 Å². The highest BCUT2D eigenvalue weighted by molar-refractivity contribution is 7.14. The maximum atomic E-state index is 12.4. The summed E-state index contributed by atoms with van der Waals surface area (Å²) in [6, 6.07) is 4.38. The number of benzene rings is 1. The van der Waals surface area contributed by atoms with Crippen LogP contribution in [0.1, 0.15) is 56.9 Å². The van der Waals surface area contributed by atoms with Crippen molar-refractivity contribution in [2.45, 2.75) is 60.3 Å². The Morgan fingerprint density at radius 3 is 2.58 bits per heavy atom. The molecular formula is C21H29N3OS. The van der Waals surface area contributed by atoms with Crippen LogP contribution in [0.4, 0.5) is 16.4 Å². The summed E-state index contributed by atoms with van der Waals surface area (Å²) in [6.45, 7) is 11.4. The van der Waals surface area contributed by atoms with Gasteiger partial charge in [-0.2, -0.15) is 0 Å². The van der Waals surface area contributed by atoms with Gasteiger partial charge < -0.3 is 10.2 Å². The number of aryl methyl sites for hydroxylation is 3. The summed E-state index contributed by atoms with van der Waals surface area (Å²) in [5, 5.41) is 4.39. The number of hydrogen-bond donors (Lipinski definition) is 1. The van der Waals surface area contributed by atoms with E-state index in [0.717, 1.165) is 29.8 Å². The third kappa shape index (κ3) is 4.26. The summed E-state index contributed by atoms with van der Waals surface area (Å²) in [5.41, 5.74) is 7.51. The number of aromatic nitrogens is 1. The molecule has 0 atom stereocenters. The molecule has 0 saturated heterocycles. The molecule has 2 heterocycles. The molecule has 1 aliphatic heterocycles. The van der Waals surface area contributed by atoms with E-state index in [1.54, 1.807) is 11.3 Å². The first-order valence-electron chi connectivity index (χ1n) is 9.35. The number of amides is 1. The fourth-order valence-corrected chi connectivity index (χ4v) is 4.42. The number of nitrogens with zero attached hydrogens (tertiary/aromatic N) is 2. The fraction of sp³-hybridized carbons (Fsp3) is 0.524. The summed E-state index contributed by atoms with van der Waals surface area (Å²) >= 11 is 1.72. The zero-order valence-electron chi connectivity index (χ0n) is 16.5. The molecule has 0 saturated carbocycles. The average molecular weight is 372 g/mol. The molecule has 140 valence electrons. The van der Waals surface area contributed by atoms with Gasteiger partial charge in [-0.15, -0.1) is 11.3 Å². The summed E-state index contributed by atoms with van der Waals surface area (Å²) in [6.07, 6.45) is 3.94. The predicted molar refractivity (Wildman–Crippen MR) is 111 cm³/mol. The first-order chi connectivity index (χ1) is 12.2. The standard InChI is InChI=1S/C21H29N3OS/c1-14-10-16(24-9-7-6-8-17-20(24)26-13-22-17)11-15(2)19(14)23-18(25)12-21(3,4)5/h10-11,13H,6-9,12H2,1-5H3,(H,23,25). The number of fused-ring (bicyclic) bond motifs is 1. The van der Waals surface area contributed by atoms with Crippen LogP contribution in [0.25, 0.3) is 0 Å². The van der Waals surface area contributed by atoms with E-state index >= 15 is 0 Å². The van der Waals surface area contributed by atoms with Crippen molar-refractivity contribution in [1.82, 2.24) is 4.98 Å². The lowest BCUT2D eigenvalue weighted by Crippen LogP contribution is -2.21. The number of thiazole rings is 1. The Balaban J connectivity index is 1.87. The minimum atomic E-state index is -0.0134. The highest BCUT2D eigenvalue weighted by Crippen LogP contribution is 2.38. The van der Waals surface area contributed by atoms with Gasteiger partial charge in [0, 0.05) is 24.3 Å². The van der Waals surface area contributed by atoms with Gasteiger partial charge in [-0.1, -0.05) is 20.8 Å². The fourth-order valence-electron chi connectivity index (χ4n) is 3.52. The van der Waals surface area contributed by atoms with Gasteiger partial charge in [0.1, 0.15) is 5.00 Å². The SMILES string of the molecule is Cc1cc(N2CCCCc3ncsc32)cc(C)c1NC(=O)CC(C)(C)C. The van der Waals surface area contributed by atoms with Gasteiger partial charge in [0.2, 0.25) is 5.91 Å². The van der Waals surface area contributed by atoms with E-state index < -0.39 is 0 Å². The molecule has 0 spiro atoms. The predicted octanol–water partition coefficient (Wildman–Crippen LogP) is 5.61. The molecule has 4 nitrogen and oxygen atoms in total. The molecule has 0 fully saturated rings. The van der Waals surface area contributed by atoms with E-state index in [1.165, 1.54) is 29.2 Å². The molecule has 3 rings (SSSR count). The second kappa shape index (κ2) is 7.39. The van der Waals surface area contributed by atoms with Gasteiger partial charge in [-0.05, 0) is 61.8 Å². The first-order valence-corrected chi connectivity index (χ1v) is 10.2. The number of hydrogen-bond acceptors (Lipinski definition) is 4. The molecule has 0 unspecified atom stereocenters. The number of carbonyl (C=O) groups excluding carboxylic acids is 1. The maximum Gasteiger partial charge on any atom is 0.224 e. The van der Waals surface area contributed by atoms with Crippen molar-refractivity contribution in [3.8, 4) is 0 Å². The van der Waals surface area contributed by atoms with Crippen LogP contribution in [0.5, 0.6) is 0 Å². The average Bonchev–Trinajstić information content (AvgIpc) is 2.88. The van der Waals surface area contributed by atoms with E-state index in [-0.39, 0.29) is 11.3 Å². The van der Waals surface area contributed by atoms with Crippen molar-refractivity contribution in [2.24, 2.45) is 5.41 Å². The number of anilines is 3. The van der Waals surface area contributed by atoms with Crippen LogP contribution in [0, 0.1) is 19.3 Å². The van der Waals surface area contributed by atoms with Gasteiger partial charge in [-0.3, -0.25) is 4.79 Å². The second-order valence-corrected chi connectivity index (χ2v) is 9.29. The first kappa shape index (κ1) is 18.9. The highest BCUT2D eigenvalue weighted by atomic mass is 32.1. The Labute approximate surface area is 160 Å². The lowest BCUT2D eigenvalue weighted by molar-refractivity contribution is -0.117. The van der Waals surface area contributed by atoms with Crippen LogP contribution in [-0.2, 0) is 11.2 Å². The molecule has 1 aromatic carbocycles. The highest BCUT2D eigenvalue weighted by Gasteiger charge is 2.21. The van der Waals surface area contributed by atoms with Crippen molar-refractivity contribution in [2.75, 3.05) is 16.8 Å². The van der Waals surface area contributed by atoms with Crippen molar-refractivity contribution in [3.63, 3.8) is 0 Å². The summed E-state index contributed by atoms with van der Waals surface area (Å²) in [4.78, 5) is 19.3. The molecule has 0 radical (unpaired) electrons. The van der Waals surface area contributed by atoms with E-state index in [1.807, 2.05) is 5.51 Å². The molecule has 0 aliphatic carbocycles. The van der Waals surface area contributed by atoms with Crippen LogP contribution in [0.2, 0.25) is 0 Å². The van der Waals surface area contributed by atoms with Crippen molar-refractivity contribution in [1.29, 1.82) is 0 Å². The lowest BCUT2D eigenvalue weighted by atomic mass is 9.92. The molecule has 0 bridgehead atoms. The van der Waals surface area contributed by atoms with E-state index in [2.05, 4.69) is 62.0 Å². The van der Waals surface area contributed by atoms with Crippen LogP contribution >= 0.6 is 11.3 Å². The Bertz CT molecular complexity index is 781. The summed E-state index contributed by atoms with van der Waals surface area (Å²) in [7, 11) is 0. The minimum Gasteiger partial charge on any atom is -0.332 e. The topological polar surface area (TPSA) is 45.2 Å². The third-order valence-electron chi connectivity index (χ3n) is 4.69. The Hall–Kier alpha value is -1.88. The van der Waals surface area contributed by atoms with E-state index in [0.29, 0.717) is 6.42 Å². The Morgan fingerprint density at radius 1 is 1.23 bits per heavy atom. The Kier molecular flexibility index (Phi) is 5.37. The third-order valence-corrected chi connectivity index (χ3v) is 5.58. The van der Waals surface area contributed by atoms with E-state index in [4.69, 9.17) is 0 Å². The lowest BCUT2D eigenvalue weighted by Gasteiger charge is -2.25. The van der Waals surface area contributed by atoms with Crippen molar-refractivity contribution < 1.29 is 4.79 Å². The molecule has 1 amide bonds. The van der Waals surface area contributed by atoms with Crippen LogP contribution in [-0.4, -0.2) is 17.4 Å². The van der Waals surface area contributed by atoms with Crippen LogP contribution in [0.15, 0.2) is 17.6 Å². The monoisotopic (exact) mass is 371 g/mol.